The number of methoxy groups -OCH3 is 1. The first-order valence-corrected chi connectivity index (χ1v) is 9.62. The minimum Gasteiger partial charge on any atom is -0.467 e. The van der Waals surface area contributed by atoms with E-state index in [0.29, 0.717) is 11.0 Å². The molecule has 0 aliphatic heterocycles. The predicted octanol–water partition coefficient (Wildman–Crippen LogP) is 3.23. The van der Waals surface area contributed by atoms with Crippen LogP contribution in [0.2, 0.25) is 0 Å². The summed E-state index contributed by atoms with van der Waals surface area (Å²) >= 11 is 0. The molecule has 6 nitrogen and oxygen atoms in total. The zero-order valence-electron chi connectivity index (χ0n) is 18.2. The lowest BCUT2D eigenvalue weighted by molar-refractivity contribution is -0.144. The van der Waals surface area contributed by atoms with Crippen LogP contribution in [-0.2, 0) is 37.6 Å². The van der Waals surface area contributed by atoms with Gasteiger partial charge in [0.1, 0.15) is 6.04 Å². The third kappa shape index (κ3) is 6.97. The van der Waals surface area contributed by atoms with E-state index in [1.807, 2.05) is 0 Å². The van der Waals surface area contributed by atoms with Crippen LogP contribution in [0.5, 0.6) is 0 Å². The average Bonchev–Trinajstić information content (AvgIpc) is 2.78. The van der Waals surface area contributed by atoms with E-state index in [1.165, 1.54) is 14.2 Å². The van der Waals surface area contributed by atoms with Crippen LogP contribution in [0.15, 0.2) is 42.5 Å². The minimum absolute atomic E-state index is 0.0938. The summed E-state index contributed by atoms with van der Waals surface area (Å²) < 4.78 is 93.3. The number of alkyl halides is 6. The second-order valence-electron chi connectivity index (χ2n) is 7.09. The molecule has 0 aromatic heterocycles. The fraction of sp³-hybridized carbons (Fsp3) is 0.333. The number of halogens is 6. The first kappa shape index (κ1) is 27.2. The Kier molecular flexibility index (Phi) is 8.73. The second kappa shape index (κ2) is 10.9. The van der Waals surface area contributed by atoms with E-state index in [9.17, 15) is 35.9 Å². The summed E-state index contributed by atoms with van der Waals surface area (Å²) in [5.74, 6) is -2.24. The highest BCUT2D eigenvalue weighted by molar-refractivity contribution is 6.61. The van der Waals surface area contributed by atoms with E-state index >= 15 is 0 Å². The Labute approximate surface area is 191 Å². The first-order chi connectivity index (χ1) is 15.8. The summed E-state index contributed by atoms with van der Waals surface area (Å²) in [5.41, 5.74) is -3.04. The molecule has 2 rings (SSSR count). The van der Waals surface area contributed by atoms with Gasteiger partial charge in [0.25, 0.3) is 5.91 Å². The van der Waals surface area contributed by atoms with E-state index in [1.54, 1.807) is 24.3 Å². The molecule has 0 heterocycles. The van der Waals surface area contributed by atoms with Crippen molar-refractivity contribution in [2.45, 2.75) is 24.8 Å². The number of hydrogen-bond acceptors (Lipinski definition) is 5. The maximum absolute atomic E-state index is 13.1. The smallest absolute Gasteiger partial charge is 0.467 e. The molecule has 0 saturated heterocycles. The Morgan fingerprint density at radius 1 is 0.882 bits per heavy atom. The highest BCUT2D eigenvalue weighted by atomic mass is 19.4. The average molecular weight is 491 g/mol. The van der Waals surface area contributed by atoms with Crippen LogP contribution in [0.25, 0.3) is 0 Å². The second-order valence-corrected chi connectivity index (χ2v) is 7.09. The van der Waals surface area contributed by atoms with Crippen LogP contribution in [-0.4, -0.2) is 46.4 Å². The lowest BCUT2D eigenvalue weighted by Gasteiger charge is -2.18. The molecular formula is C21H20BF6NO5. The molecule has 0 saturated carbocycles. The third-order valence-corrected chi connectivity index (χ3v) is 4.76. The molecule has 0 bridgehead atoms. The normalized spacial score (nSPS) is 12.7. The number of hydrogen-bond donors (Lipinski definition) is 1. The molecule has 0 aliphatic carbocycles. The van der Waals surface area contributed by atoms with E-state index < -0.39 is 54.1 Å². The Morgan fingerprint density at radius 3 is 1.79 bits per heavy atom. The highest BCUT2D eigenvalue weighted by Gasteiger charge is 2.38. The van der Waals surface area contributed by atoms with Crippen LogP contribution >= 0.6 is 0 Å². The van der Waals surface area contributed by atoms with Gasteiger partial charge >= 0.3 is 25.4 Å². The van der Waals surface area contributed by atoms with Crippen LogP contribution in [0.3, 0.4) is 0 Å². The fourth-order valence-electron chi connectivity index (χ4n) is 3.08. The zero-order valence-corrected chi connectivity index (χ0v) is 18.2. The first-order valence-electron chi connectivity index (χ1n) is 9.62. The van der Waals surface area contributed by atoms with Gasteiger partial charge in [0.2, 0.25) is 0 Å². The summed E-state index contributed by atoms with van der Waals surface area (Å²) in [4.78, 5) is 24.7. The van der Waals surface area contributed by atoms with Crippen molar-refractivity contribution in [1.29, 1.82) is 0 Å². The maximum Gasteiger partial charge on any atom is 0.493 e. The number of amides is 1. The molecule has 0 aliphatic rings. The van der Waals surface area contributed by atoms with Crippen molar-refractivity contribution >= 4 is 24.5 Å². The molecule has 1 amide bonds. The lowest BCUT2D eigenvalue weighted by Crippen LogP contribution is -2.43. The predicted molar refractivity (Wildman–Crippen MR) is 109 cm³/mol. The van der Waals surface area contributed by atoms with Gasteiger partial charge in [-0.05, 0) is 29.2 Å². The SMILES string of the molecule is COB(OC)c1ccc(C[C@H](NC(=O)c2cc(C(F)(F)F)cc(C(F)(F)F)c2)C(=O)OC)cc1. The van der Waals surface area contributed by atoms with Crippen LogP contribution in [0.4, 0.5) is 26.3 Å². The number of rotatable bonds is 8. The van der Waals surface area contributed by atoms with Gasteiger partial charge in [-0.3, -0.25) is 4.79 Å². The molecule has 0 radical (unpaired) electrons. The monoisotopic (exact) mass is 491 g/mol. The van der Waals surface area contributed by atoms with Crippen molar-refractivity contribution in [2.24, 2.45) is 0 Å². The third-order valence-electron chi connectivity index (χ3n) is 4.76. The molecule has 2 aromatic rings. The zero-order chi connectivity index (χ0) is 25.7. The van der Waals surface area contributed by atoms with Crippen LogP contribution in [0, 0.1) is 0 Å². The van der Waals surface area contributed by atoms with Crippen molar-refractivity contribution in [3.63, 3.8) is 0 Å². The number of esters is 1. The van der Waals surface area contributed by atoms with Gasteiger partial charge in [0.15, 0.2) is 0 Å². The van der Waals surface area contributed by atoms with Gasteiger partial charge in [0, 0.05) is 26.2 Å². The van der Waals surface area contributed by atoms with Crippen LogP contribution in [0.1, 0.15) is 27.0 Å². The number of carbonyl (C=O) groups excluding carboxylic acids is 2. The maximum atomic E-state index is 13.1. The molecular weight excluding hydrogens is 471 g/mol. The van der Waals surface area contributed by atoms with E-state index in [-0.39, 0.29) is 24.6 Å². The number of ether oxygens (including phenoxy) is 1. The lowest BCUT2D eigenvalue weighted by atomic mass is 9.78. The molecule has 1 N–H and O–H groups in total. The van der Waals surface area contributed by atoms with Gasteiger partial charge in [-0.25, -0.2) is 4.79 Å². The number of carbonyl (C=O) groups is 2. The molecule has 34 heavy (non-hydrogen) atoms. The van der Waals surface area contributed by atoms with Gasteiger partial charge in [-0.15, -0.1) is 0 Å². The molecule has 184 valence electrons. The van der Waals surface area contributed by atoms with Crippen LogP contribution < -0.4 is 10.8 Å². The number of nitrogens with one attached hydrogen (secondary N) is 1. The van der Waals surface area contributed by atoms with Crippen molar-refractivity contribution < 1.29 is 50.0 Å². The standard InChI is InChI=1S/C21H20BF6NO5/c1-32-19(31)17(8-12-4-6-16(7-5-12)22(33-2)34-3)29-18(30)13-9-14(20(23,24)25)11-15(10-13)21(26,27)28/h4-7,9-11,17H,8H2,1-3H3,(H,29,30)/t17-/m0/s1. The quantitative estimate of drug-likeness (QED) is 0.349. The van der Waals surface area contributed by atoms with Crippen molar-refractivity contribution in [1.82, 2.24) is 5.32 Å². The Morgan fingerprint density at radius 2 is 1.38 bits per heavy atom. The Hall–Kier alpha value is -3.06. The summed E-state index contributed by atoms with van der Waals surface area (Å²) in [7, 11) is 3.25. The summed E-state index contributed by atoms with van der Waals surface area (Å²) in [6.07, 6.45) is -10.4. The topological polar surface area (TPSA) is 73.9 Å². The highest BCUT2D eigenvalue weighted by Crippen LogP contribution is 2.36. The van der Waals surface area contributed by atoms with E-state index in [4.69, 9.17) is 9.31 Å². The number of benzene rings is 2. The molecule has 13 heteroatoms. The molecule has 2 aromatic carbocycles. The van der Waals surface area contributed by atoms with Gasteiger partial charge in [0.05, 0.1) is 18.2 Å². The van der Waals surface area contributed by atoms with Gasteiger partial charge in [-0.2, -0.15) is 26.3 Å². The molecule has 0 fully saturated rings. The minimum atomic E-state index is -5.12. The molecule has 0 unspecified atom stereocenters. The van der Waals surface area contributed by atoms with Crippen molar-refractivity contribution in [3.05, 3.63) is 64.7 Å². The molecule has 0 spiro atoms. The fourth-order valence-corrected chi connectivity index (χ4v) is 3.08. The summed E-state index contributed by atoms with van der Waals surface area (Å²) in [5, 5.41) is 2.15. The van der Waals surface area contributed by atoms with E-state index in [0.717, 1.165) is 7.11 Å². The summed E-state index contributed by atoms with van der Waals surface area (Å²) in [6, 6.07) is 5.53. The van der Waals surface area contributed by atoms with Gasteiger partial charge < -0.3 is 19.4 Å². The van der Waals surface area contributed by atoms with Crippen molar-refractivity contribution in [2.75, 3.05) is 21.3 Å². The Balaban J connectivity index is 2.32. The summed E-state index contributed by atoms with van der Waals surface area (Å²) in [6.45, 7) is 0. The largest absolute Gasteiger partial charge is 0.493 e. The molecule has 1 atom stereocenters. The Bertz CT molecular complexity index is 974. The van der Waals surface area contributed by atoms with E-state index in [2.05, 4.69) is 10.1 Å². The van der Waals surface area contributed by atoms with Crippen molar-refractivity contribution in [3.8, 4) is 0 Å². The van der Waals surface area contributed by atoms with Gasteiger partial charge in [-0.1, -0.05) is 24.3 Å².